The summed E-state index contributed by atoms with van der Waals surface area (Å²) in [5, 5.41) is 11.6. The molecule has 3 aromatic rings. The lowest BCUT2D eigenvalue weighted by Crippen LogP contribution is -2.14. The van der Waals surface area contributed by atoms with Gasteiger partial charge in [-0.1, -0.05) is 54.6 Å². The molecule has 6 heteroatoms. The molecule has 1 fully saturated rings. The smallest absolute Gasteiger partial charge is 0.267 e. The van der Waals surface area contributed by atoms with Gasteiger partial charge in [0.25, 0.3) is 11.8 Å². The van der Waals surface area contributed by atoms with Crippen LogP contribution in [0.4, 0.5) is 5.69 Å². The van der Waals surface area contributed by atoms with Gasteiger partial charge in [-0.15, -0.1) is 0 Å². The fourth-order valence-electron chi connectivity index (χ4n) is 3.33. The minimum Gasteiger partial charge on any atom is -0.493 e. The average Bonchev–Trinajstić information content (AvgIpc) is 3.70. The van der Waals surface area contributed by atoms with Crippen LogP contribution in [0.1, 0.15) is 29.5 Å². The molecule has 0 heterocycles. The Morgan fingerprint density at radius 2 is 1.68 bits per heavy atom. The summed E-state index contributed by atoms with van der Waals surface area (Å²) in [5.41, 5.74) is 5.13. The van der Waals surface area contributed by atoms with Gasteiger partial charge in [0.1, 0.15) is 5.75 Å². The molecule has 172 valence electrons. The second-order valence-electron chi connectivity index (χ2n) is 8.14. The minimum absolute atomic E-state index is 0.228. The summed E-state index contributed by atoms with van der Waals surface area (Å²) in [6.07, 6.45) is 7.06. The second kappa shape index (κ2) is 11.1. The lowest BCUT2D eigenvalue weighted by molar-refractivity contribution is -0.124. The molecule has 0 saturated heterocycles. The number of carbonyl (C=O) groups excluding carboxylic acids is 2. The number of carbonyl (C=O) groups is 2. The van der Waals surface area contributed by atoms with Crippen molar-refractivity contribution in [3.63, 3.8) is 0 Å². The average molecular weight is 455 g/mol. The number of nitrogens with one attached hydrogen (secondary N) is 2. The maximum atomic E-state index is 13.3. The second-order valence-corrected chi connectivity index (χ2v) is 8.14. The van der Waals surface area contributed by atoms with E-state index in [1.54, 1.807) is 11.6 Å². The van der Waals surface area contributed by atoms with Gasteiger partial charge in [-0.05, 0) is 71.9 Å². The molecule has 3 aromatic carbocycles. The van der Waals surface area contributed by atoms with E-state index in [1.807, 2.05) is 84.9 Å². The molecule has 0 spiro atoms. The first-order valence-electron chi connectivity index (χ1n) is 11.1. The molecule has 34 heavy (non-hydrogen) atoms. The summed E-state index contributed by atoms with van der Waals surface area (Å²) in [6.45, 7) is 0.696. The van der Waals surface area contributed by atoms with Gasteiger partial charge in [-0.25, -0.2) is 5.48 Å². The summed E-state index contributed by atoms with van der Waals surface area (Å²) in [4.78, 5) is 24.5. The molecular weight excluding hydrogens is 428 g/mol. The van der Waals surface area contributed by atoms with E-state index >= 15 is 0 Å². The Morgan fingerprint density at radius 3 is 2.38 bits per heavy atom. The van der Waals surface area contributed by atoms with Crippen molar-refractivity contribution >= 4 is 35.2 Å². The van der Waals surface area contributed by atoms with Crippen molar-refractivity contribution in [2.45, 2.75) is 12.8 Å². The van der Waals surface area contributed by atoms with Crippen LogP contribution in [0.15, 0.2) is 84.9 Å². The van der Waals surface area contributed by atoms with Crippen LogP contribution in [0.25, 0.3) is 17.7 Å². The fourth-order valence-corrected chi connectivity index (χ4v) is 3.33. The monoisotopic (exact) mass is 454 g/mol. The quantitative estimate of drug-likeness (QED) is 0.180. The Hall–Kier alpha value is -4.16. The maximum Gasteiger partial charge on any atom is 0.267 e. The van der Waals surface area contributed by atoms with E-state index in [9.17, 15) is 9.59 Å². The van der Waals surface area contributed by atoms with Crippen LogP contribution in [-0.2, 0) is 9.59 Å². The van der Waals surface area contributed by atoms with Crippen LogP contribution < -0.4 is 15.5 Å². The summed E-state index contributed by atoms with van der Waals surface area (Å²) in [6, 6.07) is 24.3. The summed E-state index contributed by atoms with van der Waals surface area (Å²) >= 11 is 0. The molecule has 4 rings (SSSR count). The first-order valence-corrected chi connectivity index (χ1v) is 11.1. The standard InChI is InChI=1S/C28H26N2O4/c31-27(30-33)16-15-20-9-11-21(12-10-20)17-26(28(32)29-24-6-2-1-3-7-24)23-5-4-8-25(18-23)34-19-22-13-14-22/h1-12,15-18,22,33H,13-14,19H2,(H,29,32)(H,30,31)/b16-15+,26-17+. The zero-order valence-electron chi connectivity index (χ0n) is 18.6. The molecule has 0 aromatic heterocycles. The number of benzene rings is 3. The third-order valence-electron chi connectivity index (χ3n) is 5.39. The molecular formula is C28H26N2O4. The van der Waals surface area contributed by atoms with Crippen molar-refractivity contribution < 1.29 is 19.5 Å². The molecule has 0 bridgehead atoms. The molecule has 0 aliphatic heterocycles. The van der Waals surface area contributed by atoms with Crippen molar-refractivity contribution in [2.24, 2.45) is 5.92 Å². The summed E-state index contributed by atoms with van der Waals surface area (Å²) in [5.74, 6) is 0.545. The third-order valence-corrected chi connectivity index (χ3v) is 5.39. The lowest BCUT2D eigenvalue weighted by atomic mass is 10.0. The number of ether oxygens (including phenoxy) is 1. The normalized spacial score (nSPS) is 13.5. The Bertz CT molecular complexity index is 1200. The molecule has 0 atom stereocenters. The van der Waals surface area contributed by atoms with Gasteiger partial charge in [0.15, 0.2) is 0 Å². The van der Waals surface area contributed by atoms with E-state index in [2.05, 4.69) is 5.32 Å². The van der Waals surface area contributed by atoms with Gasteiger partial charge in [-0.2, -0.15) is 0 Å². The topological polar surface area (TPSA) is 87.7 Å². The van der Waals surface area contributed by atoms with Gasteiger partial charge in [0.05, 0.1) is 6.61 Å². The van der Waals surface area contributed by atoms with Gasteiger partial charge < -0.3 is 10.1 Å². The number of para-hydroxylation sites is 1. The van der Waals surface area contributed by atoms with Gasteiger partial charge in [0, 0.05) is 17.3 Å². The van der Waals surface area contributed by atoms with E-state index < -0.39 is 5.91 Å². The number of hydroxylamine groups is 1. The summed E-state index contributed by atoms with van der Waals surface area (Å²) in [7, 11) is 0. The van der Waals surface area contributed by atoms with E-state index in [4.69, 9.17) is 9.94 Å². The predicted molar refractivity (Wildman–Crippen MR) is 133 cm³/mol. The third kappa shape index (κ3) is 6.67. The molecule has 1 saturated carbocycles. The lowest BCUT2D eigenvalue weighted by Gasteiger charge is -2.12. The van der Waals surface area contributed by atoms with Crippen molar-refractivity contribution in [3.8, 4) is 5.75 Å². The van der Waals surface area contributed by atoms with E-state index in [-0.39, 0.29) is 5.91 Å². The molecule has 2 amide bonds. The van der Waals surface area contributed by atoms with E-state index in [0.29, 0.717) is 23.8 Å². The number of amides is 2. The molecule has 6 nitrogen and oxygen atoms in total. The molecule has 3 N–H and O–H groups in total. The molecule has 1 aliphatic rings. The van der Waals surface area contributed by atoms with Gasteiger partial charge >= 0.3 is 0 Å². The van der Waals surface area contributed by atoms with Crippen molar-refractivity contribution in [1.29, 1.82) is 0 Å². The van der Waals surface area contributed by atoms with E-state index in [1.165, 1.54) is 18.9 Å². The van der Waals surface area contributed by atoms with Crippen molar-refractivity contribution in [3.05, 3.63) is 102 Å². The fraction of sp³-hybridized carbons (Fsp3) is 0.143. The van der Waals surface area contributed by atoms with Crippen molar-refractivity contribution in [1.82, 2.24) is 5.48 Å². The largest absolute Gasteiger partial charge is 0.493 e. The Balaban J connectivity index is 1.61. The van der Waals surface area contributed by atoms with Crippen LogP contribution in [0.2, 0.25) is 0 Å². The van der Waals surface area contributed by atoms with Crippen LogP contribution in [0.5, 0.6) is 5.75 Å². The Morgan fingerprint density at radius 1 is 0.941 bits per heavy atom. The zero-order valence-corrected chi connectivity index (χ0v) is 18.6. The zero-order chi connectivity index (χ0) is 23.8. The first kappa shape index (κ1) is 23.0. The van der Waals surface area contributed by atoms with Crippen LogP contribution >= 0.6 is 0 Å². The first-order chi connectivity index (χ1) is 16.6. The number of hydrogen-bond acceptors (Lipinski definition) is 4. The van der Waals surface area contributed by atoms with Gasteiger partial charge in [-0.3, -0.25) is 14.8 Å². The SMILES string of the molecule is O=C(/C=C/c1ccc(/C=C(/C(=O)Nc2ccccc2)c2cccc(OCC3CC3)c2)cc1)NO. The maximum absolute atomic E-state index is 13.3. The highest BCUT2D eigenvalue weighted by Crippen LogP contribution is 2.30. The predicted octanol–water partition coefficient (Wildman–Crippen LogP) is 5.17. The minimum atomic E-state index is -0.604. The number of anilines is 1. The number of rotatable bonds is 9. The van der Waals surface area contributed by atoms with Crippen LogP contribution in [0.3, 0.4) is 0 Å². The highest BCUT2D eigenvalue weighted by molar-refractivity contribution is 6.29. The van der Waals surface area contributed by atoms with Crippen molar-refractivity contribution in [2.75, 3.05) is 11.9 Å². The highest BCUT2D eigenvalue weighted by atomic mass is 16.5. The van der Waals surface area contributed by atoms with Gasteiger partial charge in [0.2, 0.25) is 0 Å². The molecule has 1 aliphatic carbocycles. The highest BCUT2D eigenvalue weighted by Gasteiger charge is 2.22. The van der Waals surface area contributed by atoms with E-state index in [0.717, 1.165) is 22.4 Å². The Kier molecular flexibility index (Phi) is 7.53. The molecule has 0 unspecified atom stereocenters. The Labute approximate surface area is 198 Å². The van der Waals surface area contributed by atoms with Crippen LogP contribution in [0, 0.1) is 5.92 Å². The number of hydrogen-bond donors (Lipinski definition) is 3. The van der Waals surface area contributed by atoms with Crippen LogP contribution in [-0.4, -0.2) is 23.6 Å². The summed E-state index contributed by atoms with van der Waals surface area (Å²) < 4.78 is 5.92. The molecule has 0 radical (unpaired) electrons.